The lowest BCUT2D eigenvalue weighted by molar-refractivity contribution is 0.291. The minimum atomic E-state index is 0.298. The summed E-state index contributed by atoms with van der Waals surface area (Å²) in [5.74, 6) is 0. The average molecular weight is 247 g/mol. The fraction of sp³-hybridized carbons (Fsp3) is 0.667. The summed E-state index contributed by atoms with van der Waals surface area (Å²) >= 11 is 0. The van der Waals surface area contributed by atoms with E-state index in [9.17, 15) is 0 Å². The quantitative estimate of drug-likeness (QED) is 0.835. The minimum Gasteiger partial charge on any atom is -0.317 e. The van der Waals surface area contributed by atoms with Crippen molar-refractivity contribution >= 4 is 0 Å². The van der Waals surface area contributed by atoms with Gasteiger partial charge >= 0.3 is 0 Å². The van der Waals surface area contributed by atoms with Gasteiger partial charge in [0.2, 0.25) is 0 Å². The number of nitrogens with one attached hydrogen (secondary N) is 2. The molecule has 3 heteroatoms. The van der Waals surface area contributed by atoms with Gasteiger partial charge in [-0.25, -0.2) is 0 Å². The highest BCUT2D eigenvalue weighted by Crippen LogP contribution is 2.21. The van der Waals surface area contributed by atoms with Gasteiger partial charge < -0.3 is 10.6 Å². The maximum Gasteiger partial charge on any atom is 0.0270 e. The highest BCUT2D eigenvalue weighted by atomic mass is 15.0. The van der Waals surface area contributed by atoms with Crippen molar-refractivity contribution in [2.45, 2.75) is 39.2 Å². The van der Waals surface area contributed by atoms with Crippen LogP contribution in [0.5, 0.6) is 0 Å². The average Bonchev–Trinajstić information content (AvgIpc) is 2.38. The Kier molecular flexibility index (Phi) is 4.72. The van der Waals surface area contributed by atoms with E-state index in [1.54, 1.807) is 0 Å². The number of piperidine rings is 1. The van der Waals surface area contributed by atoms with Crippen LogP contribution in [0, 0.1) is 5.41 Å². The van der Waals surface area contributed by atoms with Crippen LogP contribution in [0.3, 0.4) is 0 Å². The third kappa shape index (κ3) is 4.39. The third-order valence-corrected chi connectivity index (χ3v) is 3.64. The molecular formula is C15H25N3. The summed E-state index contributed by atoms with van der Waals surface area (Å²) < 4.78 is 0. The Labute approximate surface area is 110 Å². The molecule has 0 bridgehead atoms. The second-order valence-electron chi connectivity index (χ2n) is 6.10. The smallest absolute Gasteiger partial charge is 0.0270 e. The molecule has 1 saturated heterocycles. The number of nitrogens with zero attached hydrogens (tertiary/aromatic N) is 1. The number of hydrogen-bond donors (Lipinski definition) is 2. The molecule has 2 rings (SSSR count). The molecule has 3 nitrogen and oxygen atoms in total. The summed E-state index contributed by atoms with van der Waals surface area (Å²) in [4.78, 5) is 4.07. The predicted octanol–water partition coefficient (Wildman–Crippen LogP) is 1.99. The Morgan fingerprint density at radius 3 is 2.61 bits per heavy atom. The first-order valence-electron chi connectivity index (χ1n) is 6.99. The largest absolute Gasteiger partial charge is 0.317 e. The Bertz CT molecular complexity index is 342. The zero-order valence-electron chi connectivity index (χ0n) is 11.6. The second-order valence-corrected chi connectivity index (χ2v) is 6.10. The van der Waals surface area contributed by atoms with E-state index in [1.807, 2.05) is 12.4 Å². The van der Waals surface area contributed by atoms with Crippen LogP contribution < -0.4 is 10.6 Å². The molecule has 1 aliphatic rings. The number of pyridine rings is 1. The fourth-order valence-corrected chi connectivity index (χ4v) is 2.56. The van der Waals surface area contributed by atoms with Crippen molar-refractivity contribution in [2.24, 2.45) is 5.41 Å². The van der Waals surface area contributed by atoms with Gasteiger partial charge in [0.15, 0.2) is 0 Å². The van der Waals surface area contributed by atoms with Crippen LogP contribution in [-0.2, 0) is 6.42 Å². The van der Waals surface area contributed by atoms with Crippen molar-refractivity contribution < 1.29 is 0 Å². The van der Waals surface area contributed by atoms with Crippen LogP contribution >= 0.6 is 0 Å². The molecule has 0 radical (unpaired) electrons. The van der Waals surface area contributed by atoms with Crippen LogP contribution in [-0.4, -0.2) is 30.7 Å². The summed E-state index contributed by atoms with van der Waals surface area (Å²) in [6.07, 6.45) is 7.38. The summed E-state index contributed by atoms with van der Waals surface area (Å²) in [7, 11) is 0. The Hall–Kier alpha value is -0.930. The van der Waals surface area contributed by atoms with Gasteiger partial charge in [-0.2, -0.15) is 0 Å². The maximum absolute atomic E-state index is 4.07. The molecule has 0 aromatic carbocycles. The number of hydrogen-bond acceptors (Lipinski definition) is 3. The monoisotopic (exact) mass is 247 g/mol. The van der Waals surface area contributed by atoms with Crippen LogP contribution in [0.4, 0.5) is 0 Å². The molecule has 1 aromatic rings. The molecule has 0 amide bonds. The van der Waals surface area contributed by atoms with E-state index in [0.717, 1.165) is 26.1 Å². The number of aromatic nitrogens is 1. The van der Waals surface area contributed by atoms with Gasteiger partial charge in [-0.3, -0.25) is 4.98 Å². The Balaban J connectivity index is 1.79. The molecule has 100 valence electrons. The van der Waals surface area contributed by atoms with E-state index in [4.69, 9.17) is 0 Å². The molecule has 0 aliphatic carbocycles. The lowest BCUT2D eigenvalue weighted by atomic mass is 9.85. The molecular weight excluding hydrogens is 222 g/mol. The summed E-state index contributed by atoms with van der Waals surface area (Å²) in [6.45, 7) is 8.06. The molecule has 0 saturated carbocycles. The van der Waals surface area contributed by atoms with Gasteiger partial charge in [0.25, 0.3) is 0 Å². The molecule has 0 atom stereocenters. The minimum absolute atomic E-state index is 0.298. The molecule has 0 spiro atoms. The predicted molar refractivity (Wildman–Crippen MR) is 75.6 cm³/mol. The van der Waals surface area contributed by atoms with E-state index < -0.39 is 0 Å². The summed E-state index contributed by atoms with van der Waals surface area (Å²) in [5.41, 5.74) is 1.67. The van der Waals surface area contributed by atoms with E-state index >= 15 is 0 Å². The molecule has 1 fully saturated rings. The van der Waals surface area contributed by atoms with Crippen molar-refractivity contribution in [3.05, 3.63) is 30.1 Å². The van der Waals surface area contributed by atoms with E-state index in [2.05, 4.69) is 41.6 Å². The van der Waals surface area contributed by atoms with E-state index in [-0.39, 0.29) is 0 Å². The van der Waals surface area contributed by atoms with Crippen molar-refractivity contribution in [1.82, 2.24) is 15.6 Å². The maximum atomic E-state index is 4.07. The van der Waals surface area contributed by atoms with Gasteiger partial charge in [0, 0.05) is 25.0 Å². The van der Waals surface area contributed by atoms with Gasteiger partial charge in [-0.15, -0.1) is 0 Å². The number of rotatable bonds is 5. The van der Waals surface area contributed by atoms with Crippen LogP contribution in [0.15, 0.2) is 24.5 Å². The lowest BCUT2D eigenvalue weighted by Gasteiger charge is -2.30. The molecule has 18 heavy (non-hydrogen) atoms. The van der Waals surface area contributed by atoms with Gasteiger partial charge in [-0.1, -0.05) is 13.8 Å². The normalized spacial score (nSPS) is 17.9. The molecule has 2 heterocycles. The highest BCUT2D eigenvalue weighted by molar-refractivity contribution is 5.11. The van der Waals surface area contributed by atoms with E-state index in [1.165, 1.54) is 18.4 Å². The molecule has 2 N–H and O–H groups in total. The van der Waals surface area contributed by atoms with Gasteiger partial charge in [-0.05, 0) is 55.5 Å². The first kappa shape index (κ1) is 13.5. The van der Waals surface area contributed by atoms with Gasteiger partial charge in [0.1, 0.15) is 0 Å². The SMILES string of the molecule is CC(C)(CNC1CCNCC1)Cc1ccncc1. The molecule has 1 aliphatic heterocycles. The standard InChI is InChI=1S/C15H25N3/c1-15(2,11-13-3-7-16-8-4-13)12-18-14-5-9-17-10-6-14/h3-4,7-8,14,17-18H,5-6,9-12H2,1-2H3. The van der Waals surface area contributed by atoms with Crippen LogP contribution in [0.2, 0.25) is 0 Å². The second kappa shape index (κ2) is 6.30. The third-order valence-electron chi connectivity index (χ3n) is 3.64. The summed E-state index contributed by atoms with van der Waals surface area (Å²) in [5, 5.41) is 7.13. The topological polar surface area (TPSA) is 37.0 Å². The first-order valence-corrected chi connectivity index (χ1v) is 6.99. The molecule has 1 aromatic heterocycles. The Morgan fingerprint density at radius 2 is 1.94 bits per heavy atom. The summed E-state index contributed by atoms with van der Waals surface area (Å²) in [6, 6.07) is 4.93. The van der Waals surface area contributed by atoms with E-state index in [0.29, 0.717) is 11.5 Å². The Morgan fingerprint density at radius 1 is 1.28 bits per heavy atom. The van der Waals surface area contributed by atoms with Crippen LogP contribution in [0.1, 0.15) is 32.3 Å². The zero-order valence-corrected chi connectivity index (χ0v) is 11.6. The van der Waals surface area contributed by atoms with Crippen molar-refractivity contribution in [2.75, 3.05) is 19.6 Å². The lowest BCUT2D eigenvalue weighted by Crippen LogP contribution is -2.43. The van der Waals surface area contributed by atoms with Crippen molar-refractivity contribution in [1.29, 1.82) is 0 Å². The first-order chi connectivity index (χ1) is 8.66. The fourth-order valence-electron chi connectivity index (χ4n) is 2.56. The van der Waals surface area contributed by atoms with Crippen molar-refractivity contribution in [3.8, 4) is 0 Å². The van der Waals surface area contributed by atoms with Gasteiger partial charge in [0.05, 0.1) is 0 Å². The molecule has 0 unspecified atom stereocenters. The van der Waals surface area contributed by atoms with Crippen molar-refractivity contribution in [3.63, 3.8) is 0 Å². The zero-order chi connectivity index (χ0) is 12.8. The highest BCUT2D eigenvalue weighted by Gasteiger charge is 2.21. The van der Waals surface area contributed by atoms with Crippen LogP contribution in [0.25, 0.3) is 0 Å².